The fourth-order valence-electron chi connectivity index (χ4n) is 7.03. The first-order chi connectivity index (χ1) is 22.5. The maximum absolute atomic E-state index is 2.45. The molecule has 0 aliphatic carbocycles. The van der Waals surface area contributed by atoms with Crippen LogP contribution in [0.1, 0.15) is 92.8 Å². The summed E-state index contributed by atoms with van der Waals surface area (Å²) in [5.41, 5.74) is 16.5. The summed E-state index contributed by atoms with van der Waals surface area (Å²) in [6.45, 7) is 27.6. The van der Waals surface area contributed by atoms with Gasteiger partial charge in [0.2, 0.25) is 0 Å². The predicted molar refractivity (Wildman–Crippen MR) is 210 cm³/mol. The molecule has 48 heavy (non-hydrogen) atoms. The van der Waals surface area contributed by atoms with E-state index in [-0.39, 0.29) is 10.8 Å². The Morgan fingerprint density at radius 2 is 0.917 bits per heavy atom. The Morgan fingerprint density at radius 1 is 0.458 bits per heavy atom. The molecule has 5 rings (SSSR count). The molecule has 0 N–H and O–H groups in total. The van der Waals surface area contributed by atoms with Crippen LogP contribution in [-0.4, -0.2) is 0 Å². The van der Waals surface area contributed by atoms with Gasteiger partial charge in [0, 0.05) is 34.1 Å². The van der Waals surface area contributed by atoms with Crippen molar-refractivity contribution in [1.29, 1.82) is 0 Å². The van der Waals surface area contributed by atoms with Gasteiger partial charge in [0.1, 0.15) is 0 Å². The number of rotatable bonds is 8. The third kappa shape index (κ3) is 7.87. The highest BCUT2D eigenvalue weighted by atomic mass is 15.2. The molecule has 0 saturated heterocycles. The third-order valence-electron chi connectivity index (χ3n) is 9.56. The fourth-order valence-corrected chi connectivity index (χ4v) is 7.03. The van der Waals surface area contributed by atoms with E-state index in [1.165, 1.54) is 67.4 Å². The highest BCUT2D eigenvalue weighted by Gasteiger charge is 2.32. The Kier molecular flexibility index (Phi) is 9.97. The van der Waals surface area contributed by atoms with Crippen LogP contribution in [-0.2, 0) is 0 Å². The molecule has 1 unspecified atom stereocenters. The largest absolute Gasteiger partial charge is 0.310 e. The van der Waals surface area contributed by atoms with Crippen molar-refractivity contribution < 1.29 is 0 Å². The highest BCUT2D eigenvalue weighted by Crippen LogP contribution is 2.47. The molecule has 0 heterocycles. The van der Waals surface area contributed by atoms with Gasteiger partial charge in [0.15, 0.2) is 0 Å². The van der Waals surface area contributed by atoms with E-state index in [4.69, 9.17) is 0 Å². The lowest BCUT2D eigenvalue weighted by molar-refractivity contribution is 0.228. The van der Waals surface area contributed by atoms with Crippen LogP contribution < -0.4 is 9.80 Å². The number of benzene rings is 5. The van der Waals surface area contributed by atoms with Crippen LogP contribution in [0, 0.1) is 52.4 Å². The minimum Gasteiger partial charge on any atom is -0.310 e. The molecule has 0 amide bonds. The van der Waals surface area contributed by atoms with Crippen molar-refractivity contribution in [1.82, 2.24) is 0 Å². The number of nitrogens with zero attached hydrogens (tertiary/aromatic N) is 2. The lowest BCUT2D eigenvalue weighted by atomic mass is 9.68. The van der Waals surface area contributed by atoms with Crippen LogP contribution in [0.4, 0.5) is 34.1 Å². The van der Waals surface area contributed by atoms with Gasteiger partial charge in [-0.3, -0.25) is 0 Å². The number of hydrogen-bond donors (Lipinski definition) is 0. The molecule has 250 valence electrons. The van der Waals surface area contributed by atoms with Gasteiger partial charge >= 0.3 is 0 Å². The first-order valence-electron chi connectivity index (χ1n) is 17.5. The zero-order valence-corrected chi connectivity index (χ0v) is 31.5. The standard InChI is InChI=1S/C46H56N2/c1-31-19-21-37(22-20-31)47(38-17-13-15-32(2)25-38)43-28-36(6)44(29-35(43)5)48(39-18-14-16-33(3)26-39)40-23-24-41(34(4)27-40)42(46(10,11)12)30-45(7,8)9/h13-29,42H,30H2,1-12H3. The summed E-state index contributed by atoms with van der Waals surface area (Å²) in [6.07, 6.45) is 1.15. The van der Waals surface area contributed by atoms with Crippen molar-refractivity contribution in [3.05, 3.63) is 142 Å². The predicted octanol–water partition coefficient (Wildman–Crippen LogP) is 14.0. The Balaban J connectivity index is 1.67. The number of hydrogen-bond acceptors (Lipinski definition) is 2. The van der Waals surface area contributed by atoms with Crippen molar-refractivity contribution in [3.8, 4) is 0 Å². The Labute approximate surface area is 291 Å². The SMILES string of the molecule is Cc1ccc(N(c2cccc(C)c2)c2cc(C)c(N(c3cccc(C)c3)c3ccc(C(CC(C)(C)C)C(C)(C)C)c(C)c3)cc2C)cc1. The second-order valence-electron chi connectivity index (χ2n) is 16.3. The lowest BCUT2D eigenvalue weighted by Crippen LogP contribution is -2.24. The van der Waals surface area contributed by atoms with E-state index in [1.807, 2.05) is 0 Å². The smallest absolute Gasteiger partial charge is 0.0494 e. The quantitative estimate of drug-likeness (QED) is 0.167. The first kappa shape index (κ1) is 35.0. The van der Waals surface area contributed by atoms with Crippen molar-refractivity contribution in [2.45, 2.75) is 95.4 Å². The molecule has 0 saturated carbocycles. The minimum absolute atomic E-state index is 0.167. The van der Waals surface area contributed by atoms with Gasteiger partial charge in [-0.25, -0.2) is 0 Å². The van der Waals surface area contributed by atoms with Crippen LogP contribution in [0.25, 0.3) is 0 Å². The molecular formula is C46H56N2. The number of anilines is 6. The van der Waals surface area contributed by atoms with E-state index in [1.54, 1.807) is 0 Å². The number of aryl methyl sites for hydroxylation is 6. The van der Waals surface area contributed by atoms with E-state index in [0.29, 0.717) is 5.92 Å². The van der Waals surface area contributed by atoms with E-state index < -0.39 is 0 Å². The van der Waals surface area contributed by atoms with Crippen molar-refractivity contribution in [3.63, 3.8) is 0 Å². The van der Waals surface area contributed by atoms with Crippen LogP contribution in [0.3, 0.4) is 0 Å². The minimum atomic E-state index is 0.167. The first-order valence-corrected chi connectivity index (χ1v) is 17.5. The average molecular weight is 637 g/mol. The van der Waals surface area contributed by atoms with Gasteiger partial charge in [-0.15, -0.1) is 0 Å². The monoisotopic (exact) mass is 636 g/mol. The van der Waals surface area contributed by atoms with Crippen molar-refractivity contribution in [2.24, 2.45) is 10.8 Å². The Hall–Kier alpha value is -4.30. The molecule has 0 radical (unpaired) electrons. The summed E-state index contributed by atoms with van der Waals surface area (Å²) in [6, 6.07) is 38.5. The summed E-state index contributed by atoms with van der Waals surface area (Å²) in [5.74, 6) is 0.469. The van der Waals surface area contributed by atoms with Gasteiger partial charge in [0.05, 0.1) is 0 Å². The molecule has 0 bridgehead atoms. The highest BCUT2D eigenvalue weighted by molar-refractivity contribution is 5.85. The summed E-state index contributed by atoms with van der Waals surface area (Å²) in [7, 11) is 0. The van der Waals surface area contributed by atoms with Gasteiger partial charge < -0.3 is 9.80 Å². The van der Waals surface area contributed by atoms with E-state index in [2.05, 4.69) is 196 Å². The molecule has 0 aliphatic rings. The van der Waals surface area contributed by atoms with Gasteiger partial charge in [-0.2, -0.15) is 0 Å². The zero-order valence-electron chi connectivity index (χ0n) is 31.5. The molecule has 0 aliphatic heterocycles. The molecule has 0 spiro atoms. The molecule has 1 atom stereocenters. The second-order valence-corrected chi connectivity index (χ2v) is 16.3. The normalized spacial score (nSPS) is 12.6. The maximum atomic E-state index is 2.45. The summed E-state index contributed by atoms with van der Waals surface area (Å²) in [5, 5.41) is 0. The van der Waals surface area contributed by atoms with E-state index in [0.717, 1.165) is 12.1 Å². The molecule has 2 nitrogen and oxygen atoms in total. The third-order valence-corrected chi connectivity index (χ3v) is 9.56. The lowest BCUT2D eigenvalue weighted by Gasteiger charge is -2.37. The average Bonchev–Trinajstić information content (AvgIpc) is 2.99. The van der Waals surface area contributed by atoms with Crippen LogP contribution in [0.5, 0.6) is 0 Å². The summed E-state index contributed by atoms with van der Waals surface area (Å²) >= 11 is 0. The van der Waals surface area contributed by atoms with Gasteiger partial charge in [-0.1, -0.05) is 89.6 Å². The van der Waals surface area contributed by atoms with Crippen molar-refractivity contribution >= 4 is 34.1 Å². The van der Waals surface area contributed by atoms with E-state index >= 15 is 0 Å². The maximum Gasteiger partial charge on any atom is 0.0494 e. The Morgan fingerprint density at radius 3 is 1.35 bits per heavy atom. The molecule has 0 aromatic heterocycles. The molecular weight excluding hydrogens is 581 g/mol. The van der Waals surface area contributed by atoms with Gasteiger partial charge in [-0.05, 0) is 159 Å². The molecule has 5 aromatic rings. The van der Waals surface area contributed by atoms with Crippen LogP contribution >= 0.6 is 0 Å². The summed E-state index contributed by atoms with van der Waals surface area (Å²) in [4.78, 5) is 4.85. The van der Waals surface area contributed by atoms with Crippen LogP contribution in [0.15, 0.2) is 103 Å². The summed E-state index contributed by atoms with van der Waals surface area (Å²) < 4.78 is 0. The fraction of sp³-hybridized carbons (Fsp3) is 0.348. The molecule has 2 heteroatoms. The van der Waals surface area contributed by atoms with E-state index in [9.17, 15) is 0 Å². The van der Waals surface area contributed by atoms with Crippen LogP contribution in [0.2, 0.25) is 0 Å². The zero-order chi connectivity index (χ0) is 35.0. The molecule has 0 fully saturated rings. The molecule has 5 aromatic carbocycles. The topological polar surface area (TPSA) is 6.48 Å². The second kappa shape index (κ2) is 13.7. The van der Waals surface area contributed by atoms with Crippen molar-refractivity contribution in [2.75, 3.05) is 9.80 Å². The Bertz CT molecular complexity index is 1880. The van der Waals surface area contributed by atoms with Gasteiger partial charge in [0.25, 0.3) is 0 Å².